The quantitative estimate of drug-likeness (QED) is 0.539. The van der Waals surface area contributed by atoms with Crippen LogP contribution in [0.4, 0.5) is 5.69 Å². The molecule has 0 aliphatic heterocycles. The van der Waals surface area contributed by atoms with Gasteiger partial charge in [-0.25, -0.2) is 4.98 Å². The molecule has 26 heavy (non-hydrogen) atoms. The molecule has 3 rings (SSSR count). The molecular weight excluding hydrogens is 484 g/mol. The highest BCUT2D eigenvalue weighted by molar-refractivity contribution is 9.11. The average Bonchev–Trinajstić information content (AvgIpc) is 2.98. The number of amides is 1. The molecule has 0 atom stereocenters. The van der Waals surface area contributed by atoms with E-state index in [1.807, 2.05) is 26.1 Å². The van der Waals surface area contributed by atoms with E-state index in [0.29, 0.717) is 22.4 Å². The number of thioether (sulfide) groups is 1. The van der Waals surface area contributed by atoms with Crippen molar-refractivity contribution in [2.45, 2.75) is 12.1 Å². The summed E-state index contributed by atoms with van der Waals surface area (Å²) >= 11 is 8.25. The van der Waals surface area contributed by atoms with Crippen LogP contribution in [0.1, 0.15) is 5.56 Å². The number of halogens is 2. The lowest BCUT2D eigenvalue weighted by atomic mass is 10.2. The molecule has 0 bridgehead atoms. The molecule has 0 saturated heterocycles. The number of nitrogens with zero attached hydrogens (tertiary/aromatic N) is 5. The van der Waals surface area contributed by atoms with Gasteiger partial charge in [-0.3, -0.25) is 9.78 Å². The Morgan fingerprint density at radius 2 is 1.96 bits per heavy atom. The third kappa shape index (κ3) is 4.30. The molecule has 1 amide bonds. The van der Waals surface area contributed by atoms with E-state index in [-0.39, 0.29) is 11.7 Å². The van der Waals surface area contributed by atoms with E-state index in [1.54, 1.807) is 23.2 Å². The van der Waals surface area contributed by atoms with Gasteiger partial charge in [-0.2, -0.15) is 0 Å². The second-order valence-electron chi connectivity index (χ2n) is 5.40. The maximum absolute atomic E-state index is 12.3. The van der Waals surface area contributed by atoms with Gasteiger partial charge in [0.25, 0.3) is 0 Å². The van der Waals surface area contributed by atoms with Crippen molar-refractivity contribution in [1.29, 1.82) is 0 Å². The van der Waals surface area contributed by atoms with Crippen molar-refractivity contribution >= 4 is 55.2 Å². The lowest BCUT2D eigenvalue weighted by Gasteiger charge is -2.10. The van der Waals surface area contributed by atoms with E-state index < -0.39 is 0 Å². The molecular formula is C16H14Br2N6OS. The molecule has 0 radical (unpaired) electrons. The smallest absolute Gasteiger partial charge is 0.234 e. The van der Waals surface area contributed by atoms with Gasteiger partial charge in [0.05, 0.1) is 17.6 Å². The second kappa shape index (κ2) is 8.28. The lowest BCUT2D eigenvalue weighted by molar-refractivity contribution is -0.113. The van der Waals surface area contributed by atoms with Crippen LogP contribution < -0.4 is 5.32 Å². The largest absolute Gasteiger partial charge is 0.323 e. The fraction of sp³-hybridized carbons (Fsp3) is 0.188. The van der Waals surface area contributed by atoms with E-state index in [2.05, 4.69) is 57.3 Å². The molecule has 0 aliphatic rings. The summed E-state index contributed by atoms with van der Waals surface area (Å²) in [6, 6.07) is 3.90. The predicted molar refractivity (Wildman–Crippen MR) is 108 cm³/mol. The molecule has 7 nitrogen and oxygen atoms in total. The maximum atomic E-state index is 12.3. The fourth-order valence-corrected chi connectivity index (χ4v) is 4.53. The summed E-state index contributed by atoms with van der Waals surface area (Å²) < 4.78 is 3.44. The summed E-state index contributed by atoms with van der Waals surface area (Å²) in [7, 11) is 1.83. The van der Waals surface area contributed by atoms with Crippen LogP contribution in [0.25, 0.3) is 11.5 Å². The van der Waals surface area contributed by atoms with Gasteiger partial charge in [-0.05, 0) is 56.5 Å². The summed E-state index contributed by atoms with van der Waals surface area (Å²) in [5, 5.41) is 11.8. The number of hydrogen-bond donors (Lipinski definition) is 1. The van der Waals surface area contributed by atoms with Crippen LogP contribution in [0.15, 0.2) is 44.8 Å². The highest BCUT2D eigenvalue weighted by Gasteiger charge is 2.15. The van der Waals surface area contributed by atoms with Crippen molar-refractivity contribution in [1.82, 2.24) is 24.7 Å². The normalized spacial score (nSPS) is 10.8. The number of benzene rings is 1. The van der Waals surface area contributed by atoms with Crippen LogP contribution in [0.2, 0.25) is 0 Å². The molecule has 2 aromatic heterocycles. The fourth-order valence-electron chi connectivity index (χ4n) is 2.20. The van der Waals surface area contributed by atoms with Gasteiger partial charge in [0, 0.05) is 28.4 Å². The molecule has 134 valence electrons. The molecule has 1 aromatic carbocycles. The van der Waals surface area contributed by atoms with Crippen LogP contribution in [-0.4, -0.2) is 36.4 Å². The Hall–Kier alpha value is -1.78. The highest BCUT2D eigenvalue weighted by atomic mass is 79.9. The van der Waals surface area contributed by atoms with Crippen molar-refractivity contribution in [2.24, 2.45) is 7.05 Å². The summed E-state index contributed by atoms with van der Waals surface area (Å²) in [6.07, 6.45) is 4.82. The minimum atomic E-state index is -0.135. The van der Waals surface area contributed by atoms with Gasteiger partial charge in [0.2, 0.25) is 5.91 Å². The van der Waals surface area contributed by atoms with Crippen LogP contribution in [0, 0.1) is 6.92 Å². The molecule has 3 aromatic rings. The van der Waals surface area contributed by atoms with E-state index in [9.17, 15) is 4.79 Å². The summed E-state index contributed by atoms with van der Waals surface area (Å²) in [5.74, 6) is 0.675. The molecule has 0 aliphatic carbocycles. The first-order chi connectivity index (χ1) is 12.5. The molecule has 2 heterocycles. The summed E-state index contributed by atoms with van der Waals surface area (Å²) in [5.41, 5.74) is 2.43. The molecule has 1 N–H and O–H groups in total. The minimum absolute atomic E-state index is 0.135. The zero-order valence-corrected chi connectivity index (χ0v) is 17.9. The summed E-state index contributed by atoms with van der Waals surface area (Å²) in [4.78, 5) is 20.6. The van der Waals surface area contributed by atoms with E-state index in [1.165, 1.54) is 11.8 Å². The number of aryl methyl sites for hydroxylation is 1. The first-order valence-electron chi connectivity index (χ1n) is 7.49. The monoisotopic (exact) mass is 496 g/mol. The minimum Gasteiger partial charge on any atom is -0.323 e. The number of carbonyl (C=O) groups is 1. The van der Waals surface area contributed by atoms with Crippen molar-refractivity contribution in [3.05, 3.63) is 45.2 Å². The standard InChI is InChI=1S/C16H14Br2N6OS/c1-9-5-10(17)14(11(18)6-9)21-13(25)8-26-16-23-22-15(24(16)2)12-7-19-3-4-20-12/h3-7H,8H2,1-2H3,(H,21,25). The molecule has 10 heteroatoms. The molecule has 0 saturated carbocycles. The first-order valence-corrected chi connectivity index (χ1v) is 10.1. The predicted octanol–water partition coefficient (Wildman–Crippen LogP) is 3.84. The topological polar surface area (TPSA) is 85.6 Å². The molecule has 0 unspecified atom stereocenters. The van der Waals surface area contributed by atoms with Crippen LogP contribution in [0.3, 0.4) is 0 Å². The zero-order valence-electron chi connectivity index (χ0n) is 13.9. The van der Waals surface area contributed by atoms with Gasteiger partial charge >= 0.3 is 0 Å². The van der Waals surface area contributed by atoms with E-state index in [0.717, 1.165) is 14.5 Å². The number of anilines is 1. The number of carbonyl (C=O) groups excluding carboxylic acids is 1. The third-order valence-electron chi connectivity index (χ3n) is 3.41. The third-order valence-corrected chi connectivity index (χ3v) is 5.68. The van der Waals surface area contributed by atoms with Crippen LogP contribution in [-0.2, 0) is 11.8 Å². The number of nitrogens with one attached hydrogen (secondary N) is 1. The Kier molecular flexibility index (Phi) is 6.05. The van der Waals surface area contributed by atoms with Crippen LogP contribution in [0.5, 0.6) is 0 Å². The van der Waals surface area contributed by atoms with Gasteiger partial charge in [0.15, 0.2) is 11.0 Å². The zero-order chi connectivity index (χ0) is 18.7. The van der Waals surface area contributed by atoms with Gasteiger partial charge in [0.1, 0.15) is 5.69 Å². The van der Waals surface area contributed by atoms with Crippen molar-refractivity contribution in [3.8, 4) is 11.5 Å². The first kappa shape index (κ1) is 19.0. The van der Waals surface area contributed by atoms with Crippen LogP contribution >= 0.6 is 43.6 Å². The lowest BCUT2D eigenvalue weighted by Crippen LogP contribution is -2.15. The Morgan fingerprint density at radius 3 is 2.62 bits per heavy atom. The van der Waals surface area contributed by atoms with Gasteiger partial charge in [-0.1, -0.05) is 11.8 Å². The van der Waals surface area contributed by atoms with Crippen molar-refractivity contribution in [2.75, 3.05) is 11.1 Å². The second-order valence-corrected chi connectivity index (χ2v) is 8.05. The Morgan fingerprint density at radius 1 is 1.23 bits per heavy atom. The maximum Gasteiger partial charge on any atom is 0.234 e. The number of rotatable bonds is 5. The SMILES string of the molecule is Cc1cc(Br)c(NC(=O)CSc2nnc(-c3cnccn3)n2C)c(Br)c1. The van der Waals surface area contributed by atoms with Gasteiger partial charge < -0.3 is 9.88 Å². The molecule has 0 spiro atoms. The Balaban J connectivity index is 1.67. The highest BCUT2D eigenvalue weighted by Crippen LogP contribution is 2.32. The Labute approximate surface area is 171 Å². The van der Waals surface area contributed by atoms with E-state index >= 15 is 0 Å². The number of hydrogen-bond acceptors (Lipinski definition) is 6. The average molecular weight is 498 g/mol. The van der Waals surface area contributed by atoms with E-state index in [4.69, 9.17) is 0 Å². The number of aromatic nitrogens is 5. The molecule has 0 fully saturated rings. The van der Waals surface area contributed by atoms with Crippen molar-refractivity contribution in [3.63, 3.8) is 0 Å². The van der Waals surface area contributed by atoms with Gasteiger partial charge in [-0.15, -0.1) is 10.2 Å². The Bertz CT molecular complexity index is 924. The van der Waals surface area contributed by atoms with Crippen molar-refractivity contribution < 1.29 is 4.79 Å². The summed E-state index contributed by atoms with van der Waals surface area (Å²) in [6.45, 7) is 1.99.